The molecule has 2 aliphatic carbocycles. The van der Waals surface area contributed by atoms with Gasteiger partial charge in [0.05, 0.1) is 42.7 Å². The zero-order valence-corrected chi connectivity index (χ0v) is 52.0. The van der Waals surface area contributed by atoms with Gasteiger partial charge in [-0.25, -0.2) is 13.2 Å². The highest BCUT2D eigenvalue weighted by molar-refractivity contribution is 6.03. The number of allylic oxidation sites excluding steroid dienone is 4. The van der Waals surface area contributed by atoms with Crippen LogP contribution in [-0.4, -0.2) is 207 Å². The Morgan fingerprint density at radius 1 is 0.890 bits per heavy atom. The van der Waals surface area contributed by atoms with E-state index < -0.39 is 64.7 Å². The van der Waals surface area contributed by atoms with Gasteiger partial charge in [0.25, 0.3) is 5.91 Å². The van der Waals surface area contributed by atoms with E-state index in [1.807, 2.05) is 24.3 Å². The number of anilines is 1. The highest BCUT2D eigenvalue weighted by Crippen LogP contribution is 2.42. The van der Waals surface area contributed by atoms with Gasteiger partial charge in [0.2, 0.25) is 23.6 Å². The van der Waals surface area contributed by atoms with Crippen LogP contribution in [0.5, 0.6) is 11.8 Å². The number of pyridine rings is 1. The molecule has 6 fully saturated rings. The molecule has 23 heteroatoms. The Morgan fingerprint density at radius 2 is 1.58 bits per heavy atom. The minimum Gasteiger partial charge on any atom is -0.508 e. The quantitative estimate of drug-likeness (QED) is 0.0517. The van der Waals surface area contributed by atoms with Gasteiger partial charge in [0.1, 0.15) is 40.7 Å². The van der Waals surface area contributed by atoms with Crippen molar-refractivity contribution in [2.75, 3.05) is 96.6 Å². The second-order valence-electron chi connectivity index (χ2n) is 26.6. The third-order valence-corrected chi connectivity index (χ3v) is 19.1. The number of aromatic hydroxyl groups is 1. The van der Waals surface area contributed by atoms with Crippen molar-refractivity contribution in [2.24, 2.45) is 5.41 Å². The third kappa shape index (κ3) is 13.5. The number of β-amino-alcohol motifs (C(OH)–C–C–N with tert-alkyl or cyclic N) is 1. The second-order valence-corrected chi connectivity index (χ2v) is 26.6. The first-order valence-electron chi connectivity index (χ1n) is 31.8. The van der Waals surface area contributed by atoms with Crippen LogP contribution in [0.25, 0.3) is 38.5 Å². The average molecular weight is 1250 g/mol. The number of halogens is 3. The molecule has 91 heavy (non-hydrogen) atoms. The molecule has 7 heterocycles. The standard InChI is InChI=1S/C68H79F3N12O8/c1-6-48-52(69)18-15-43-31-46(84)32-50(57(43)48)59-58(70)60-51(35-72-59)62(82-36-44-16-17-45(37-82)73-44)77-66(75-60)91-30-8-21-78-22-24-79(25-23-78)39-56(87)81-28-26-80(27-29-81)55(86)34-53(42-13-11-41(12-14-42)49-10-7-9-40(49)2)74-63(88)54-33-47(85)38-83(54)64(89)61(67(3,4)5)76-65(90)68(71)19-20-68/h1,7,9,11-15,18,31-32,35,44-45,47,53-54,61,73,84-85H,8,10,16-17,19-30,33-34,36-39H2,2-5H3,(H,74,88)(H,76,90)/t44?,45?,47-,53?,54+,61-/m1/s1. The summed E-state index contributed by atoms with van der Waals surface area (Å²) < 4.78 is 53.3. The lowest BCUT2D eigenvalue weighted by molar-refractivity contribution is -0.145. The number of piperazine rings is 3. The smallest absolute Gasteiger partial charge is 0.319 e. The monoisotopic (exact) mass is 1250 g/mol. The van der Waals surface area contributed by atoms with Gasteiger partial charge in [-0.1, -0.05) is 69.2 Å². The van der Waals surface area contributed by atoms with Crippen LogP contribution in [0.4, 0.5) is 19.0 Å². The maximum Gasteiger partial charge on any atom is 0.319 e. The number of fused-ring (bicyclic) bond motifs is 4. The summed E-state index contributed by atoms with van der Waals surface area (Å²) in [6, 6.07) is 10.5. The van der Waals surface area contributed by atoms with Crippen molar-refractivity contribution >= 4 is 62.6 Å². The fraction of sp³-hybridized carbons (Fsp3) is 0.500. The highest BCUT2D eigenvalue weighted by Gasteiger charge is 2.53. The Labute approximate surface area is 527 Å². The number of terminal acetylenes is 1. The van der Waals surface area contributed by atoms with Crippen molar-refractivity contribution in [3.63, 3.8) is 0 Å². The Hall–Kier alpha value is -8.17. The van der Waals surface area contributed by atoms with Gasteiger partial charge in [-0.2, -0.15) is 9.97 Å². The maximum atomic E-state index is 17.1. The summed E-state index contributed by atoms with van der Waals surface area (Å²) in [5.74, 6) is -1.05. The van der Waals surface area contributed by atoms with Crippen molar-refractivity contribution in [3.05, 3.63) is 101 Å². The summed E-state index contributed by atoms with van der Waals surface area (Å²) in [5, 5.41) is 31.9. The molecule has 2 bridgehead atoms. The van der Waals surface area contributed by atoms with E-state index in [-0.39, 0.29) is 109 Å². The van der Waals surface area contributed by atoms with Crippen molar-refractivity contribution in [3.8, 4) is 35.4 Å². The molecule has 6 atom stereocenters. The summed E-state index contributed by atoms with van der Waals surface area (Å²) in [5.41, 5.74) is 0.979. The average Bonchev–Trinajstić information content (AvgIpc) is 1.55. The number of carbonyl (C=O) groups excluding carboxylic acids is 5. The number of nitrogens with one attached hydrogen (secondary N) is 3. The van der Waals surface area contributed by atoms with Gasteiger partial charge >= 0.3 is 6.01 Å². The largest absolute Gasteiger partial charge is 0.508 e. The maximum absolute atomic E-state index is 17.1. The number of benzene rings is 3. The number of alkyl halides is 1. The number of aliphatic hydroxyl groups is 1. The first-order valence-corrected chi connectivity index (χ1v) is 31.8. The molecule has 5 aliphatic heterocycles. The van der Waals surface area contributed by atoms with Crippen LogP contribution in [0.1, 0.15) is 102 Å². The molecule has 480 valence electrons. The van der Waals surface area contributed by atoms with Crippen LogP contribution in [0.3, 0.4) is 0 Å². The number of phenols is 1. The molecule has 5 aromatic rings. The van der Waals surface area contributed by atoms with E-state index in [0.717, 1.165) is 43.5 Å². The van der Waals surface area contributed by atoms with Crippen LogP contribution in [0.15, 0.2) is 72.5 Å². The number of aromatic nitrogens is 3. The minimum absolute atomic E-state index is 0.00157. The summed E-state index contributed by atoms with van der Waals surface area (Å²) in [6.45, 7) is 13.6. The van der Waals surface area contributed by atoms with E-state index in [0.29, 0.717) is 87.5 Å². The predicted octanol–water partition coefficient (Wildman–Crippen LogP) is 5.78. The molecule has 3 unspecified atom stereocenters. The van der Waals surface area contributed by atoms with Crippen LogP contribution < -0.4 is 25.6 Å². The van der Waals surface area contributed by atoms with Crippen LogP contribution in [-0.2, 0) is 24.0 Å². The number of aliphatic hydroxyl groups excluding tert-OH is 1. The van der Waals surface area contributed by atoms with Gasteiger partial charge < -0.3 is 55.4 Å². The van der Waals surface area contributed by atoms with Crippen molar-refractivity contribution in [1.29, 1.82) is 0 Å². The molecule has 1 saturated carbocycles. The summed E-state index contributed by atoms with van der Waals surface area (Å²) >= 11 is 0. The van der Waals surface area contributed by atoms with Crippen molar-refractivity contribution in [2.45, 2.75) is 121 Å². The third-order valence-electron chi connectivity index (χ3n) is 19.1. The molecule has 7 aliphatic rings. The Morgan fingerprint density at radius 3 is 2.24 bits per heavy atom. The Balaban J connectivity index is 0.644. The van der Waals surface area contributed by atoms with E-state index in [4.69, 9.17) is 16.1 Å². The first-order chi connectivity index (χ1) is 43.6. The fourth-order valence-corrected chi connectivity index (χ4v) is 13.8. The number of hydrogen-bond acceptors (Lipinski definition) is 15. The van der Waals surface area contributed by atoms with Crippen molar-refractivity contribution in [1.82, 2.24) is 55.4 Å². The normalized spacial score (nSPS) is 22.4. The van der Waals surface area contributed by atoms with E-state index in [2.05, 4.69) is 65.6 Å². The van der Waals surface area contributed by atoms with Gasteiger partial charge in [0, 0.05) is 114 Å². The summed E-state index contributed by atoms with van der Waals surface area (Å²) in [6.07, 6.45) is 13.8. The molecule has 5 saturated heterocycles. The summed E-state index contributed by atoms with van der Waals surface area (Å²) in [7, 11) is 0. The molecule has 0 radical (unpaired) electrons. The predicted molar refractivity (Wildman–Crippen MR) is 337 cm³/mol. The van der Waals surface area contributed by atoms with Gasteiger partial charge in [0.15, 0.2) is 11.5 Å². The van der Waals surface area contributed by atoms with Crippen LogP contribution >= 0.6 is 0 Å². The number of likely N-dealkylation sites (tertiary alicyclic amines) is 1. The lowest BCUT2D eigenvalue weighted by atomic mass is 9.85. The van der Waals surface area contributed by atoms with Crippen LogP contribution in [0.2, 0.25) is 0 Å². The molecule has 5 N–H and O–H groups in total. The first kappa shape index (κ1) is 63.0. The number of rotatable bonds is 18. The van der Waals surface area contributed by atoms with E-state index in [1.165, 1.54) is 40.9 Å². The zero-order valence-electron chi connectivity index (χ0n) is 52.0. The number of carbonyl (C=O) groups is 5. The fourth-order valence-electron chi connectivity index (χ4n) is 13.8. The lowest BCUT2D eigenvalue weighted by Crippen LogP contribution is -2.59. The van der Waals surface area contributed by atoms with Gasteiger partial charge in [-0.05, 0) is 96.7 Å². The summed E-state index contributed by atoms with van der Waals surface area (Å²) in [4.78, 5) is 95.0. The lowest BCUT2D eigenvalue weighted by Gasteiger charge is -2.38. The number of amides is 5. The Bertz CT molecular complexity index is 3760. The van der Waals surface area contributed by atoms with E-state index in [9.17, 15) is 38.6 Å². The molecule has 20 nitrogen and oxygen atoms in total. The second kappa shape index (κ2) is 25.8. The SMILES string of the molecule is C#Cc1c(F)ccc2cc(O)cc(-c3ncc4c(N5CC6CCC(C5)N6)nc(OCCCN5CCN(CC(=O)N6CCN(C(=O)CC(NC(=O)[C@@H]7C[C@@H](O)CN7C(=O)[C@@H](NC(=O)C7(F)CC7)C(C)(C)C)c7ccc(C8=C(C)C=CC8)cc7)CC6)CC5)nc4c3F)c12. The molecule has 0 spiro atoms. The van der Waals surface area contributed by atoms with E-state index >= 15 is 8.78 Å². The topological polar surface area (TPSA) is 229 Å². The highest BCUT2D eigenvalue weighted by atomic mass is 19.1. The van der Waals surface area contributed by atoms with Gasteiger partial charge in [-0.15, -0.1) is 6.42 Å². The minimum atomic E-state index is -2.03. The molecule has 2 aromatic heterocycles. The van der Waals surface area contributed by atoms with Gasteiger partial charge in [-0.3, -0.25) is 33.9 Å². The van der Waals surface area contributed by atoms with Crippen LogP contribution in [0, 0.1) is 29.4 Å². The number of ether oxygens (including phenoxy) is 1. The molecule has 5 amide bonds. The number of nitrogens with zero attached hydrogens (tertiary/aromatic N) is 9. The van der Waals surface area contributed by atoms with E-state index in [1.54, 1.807) is 30.6 Å². The molecular weight excluding hydrogens is 1170 g/mol. The van der Waals surface area contributed by atoms with Crippen molar-refractivity contribution < 1.29 is 52.1 Å². The number of phenolic OH excluding ortho intramolecular Hbond substituents is 1. The molecule has 12 rings (SSSR count). The molecule has 3 aromatic carbocycles. The zero-order chi connectivity index (χ0) is 64.0. The molecular formula is C68H79F3N12O8. The Kier molecular flexibility index (Phi) is 17.9. The number of hydrogen-bond donors (Lipinski definition) is 5.